The van der Waals surface area contributed by atoms with E-state index in [9.17, 15) is 21.6 Å². The summed E-state index contributed by atoms with van der Waals surface area (Å²) in [6, 6.07) is 17.2. The number of nitrogens with one attached hydrogen (secondary N) is 1. The van der Waals surface area contributed by atoms with Gasteiger partial charge in [0, 0.05) is 23.2 Å². The summed E-state index contributed by atoms with van der Waals surface area (Å²) in [5.74, 6) is -0.539. The third-order valence-corrected chi connectivity index (χ3v) is 10.2. The maximum atomic E-state index is 13.6. The van der Waals surface area contributed by atoms with E-state index < -0.39 is 32.5 Å². The highest BCUT2D eigenvalue weighted by atomic mass is 79.9. The Hall–Kier alpha value is -2.97. The van der Waals surface area contributed by atoms with Crippen molar-refractivity contribution < 1.29 is 31.1 Å². The molecule has 1 aliphatic heterocycles. The average Bonchev–Trinajstić information content (AvgIpc) is 2.92. The molecule has 1 fully saturated rings. The molecule has 0 spiro atoms. The number of carbonyl (C=O) groups excluding carboxylic acids is 1. The van der Waals surface area contributed by atoms with Crippen molar-refractivity contribution in [2.24, 2.45) is 0 Å². The number of anilines is 2. The lowest BCUT2D eigenvalue weighted by atomic mass is 10.2. The first kappa shape index (κ1) is 29.0. The molecule has 0 aliphatic carbocycles. The van der Waals surface area contributed by atoms with Gasteiger partial charge in [0.25, 0.3) is 10.0 Å². The maximum Gasteiger partial charge on any atom is 0.264 e. The van der Waals surface area contributed by atoms with Crippen LogP contribution in [0.1, 0.15) is 5.56 Å². The molecular formula is C26H28BrN3O7S2. The van der Waals surface area contributed by atoms with Crippen LogP contribution in [-0.2, 0) is 29.6 Å². The molecule has 0 atom stereocenters. The SMILES string of the molecule is COc1ccc(NC(=O)CN(c2cccc(Br)c2)S(=O)(=O)c2ccc(C)cc2)cc1S(=O)(=O)N1CCOCC1. The number of morpholine rings is 1. The van der Waals surface area contributed by atoms with Gasteiger partial charge in [-0.3, -0.25) is 9.10 Å². The summed E-state index contributed by atoms with van der Waals surface area (Å²) >= 11 is 3.35. The van der Waals surface area contributed by atoms with Gasteiger partial charge in [0.05, 0.1) is 30.9 Å². The van der Waals surface area contributed by atoms with Crippen molar-refractivity contribution in [2.75, 3.05) is 49.6 Å². The zero-order valence-electron chi connectivity index (χ0n) is 21.3. The number of rotatable bonds is 9. The summed E-state index contributed by atoms with van der Waals surface area (Å²) < 4.78 is 67.3. The van der Waals surface area contributed by atoms with Gasteiger partial charge in [0.2, 0.25) is 15.9 Å². The van der Waals surface area contributed by atoms with Crippen LogP contribution in [0.4, 0.5) is 11.4 Å². The van der Waals surface area contributed by atoms with Crippen LogP contribution in [0.2, 0.25) is 0 Å². The number of nitrogens with zero attached hydrogens (tertiary/aromatic N) is 2. The van der Waals surface area contributed by atoms with Crippen molar-refractivity contribution in [1.29, 1.82) is 0 Å². The first-order chi connectivity index (χ1) is 18.5. The van der Waals surface area contributed by atoms with Crippen LogP contribution in [0, 0.1) is 6.92 Å². The van der Waals surface area contributed by atoms with E-state index in [4.69, 9.17) is 9.47 Å². The fourth-order valence-electron chi connectivity index (χ4n) is 4.00. The van der Waals surface area contributed by atoms with Crippen molar-refractivity contribution in [3.63, 3.8) is 0 Å². The fraction of sp³-hybridized carbons (Fsp3) is 0.269. The van der Waals surface area contributed by atoms with E-state index >= 15 is 0 Å². The smallest absolute Gasteiger partial charge is 0.264 e. The predicted octanol–water partition coefficient (Wildman–Crippen LogP) is 3.62. The molecule has 10 nitrogen and oxygen atoms in total. The van der Waals surface area contributed by atoms with E-state index in [0.717, 1.165) is 9.87 Å². The normalized spacial score (nSPS) is 14.5. The second kappa shape index (κ2) is 12.0. The zero-order chi connectivity index (χ0) is 28.2. The predicted molar refractivity (Wildman–Crippen MR) is 151 cm³/mol. The van der Waals surface area contributed by atoms with Crippen LogP contribution in [-0.4, -0.2) is 67.0 Å². The Bertz CT molecular complexity index is 1560. The highest BCUT2D eigenvalue weighted by Crippen LogP contribution is 2.31. The standard InChI is InChI=1S/C26H28BrN3O7S2/c1-19-6-9-23(10-7-19)38(32,33)30(22-5-3-4-20(27)16-22)18-26(31)28-21-8-11-24(36-2)25(17-21)39(34,35)29-12-14-37-15-13-29/h3-11,16-17H,12-15,18H2,1-2H3,(H,28,31). The second-order valence-corrected chi connectivity index (χ2v) is 13.4. The molecule has 0 aromatic heterocycles. The lowest BCUT2D eigenvalue weighted by molar-refractivity contribution is -0.114. The molecule has 3 aromatic carbocycles. The van der Waals surface area contributed by atoms with Gasteiger partial charge in [-0.2, -0.15) is 4.31 Å². The van der Waals surface area contributed by atoms with Crippen LogP contribution in [0.25, 0.3) is 0 Å². The molecule has 3 aromatic rings. The van der Waals surface area contributed by atoms with Crippen molar-refractivity contribution in [2.45, 2.75) is 16.7 Å². The van der Waals surface area contributed by atoms with Crippen LogP contribution in [0.3, 0.4) is 0 Å². The quantitative estimate of drug-likeness (QED) is 0.380. The molecule has 39 heavy (non-hydrogen) atoms. The third-order valence-electron chi connectivity index (χ3n) is 6.03. The first-order valence-corrected chi connectivity index (χ1v) is 15.6. The highest BCUT2D eigenvalue weighted by Gasteiger charge is 2.31. The van der Waals surface area contributed by atoms with Gasteiger partial charge >= 0.3 is 0 Å². The molecule has 208 valence electrons. The van der Waals surface area contributed by atoms with Crippen LogP contribution in [0.5, 0.6) is 5.75 Å². The number of amides is 1. The molecule has 1 N–H and O–H groups in total. The lowest BCUT2D eigenvalue weighted by Crippen LogP contribution is -2.40. The van der Waals surface area contributed by atoms with E-state index in [0.29, 0.717) is 4.47 Å². The molecule has 13 heteroatoms. The van der Waals surface area contributed by atoms with Crippen molar-refractivity contribution in [3.8, 4) is 5.75 Å². The summed E-state index contributed by atoms with van der Waals surface area (Å²) in [5.41, 5.74) is 1.35. The number of methoxy groups -OCH3 is 1. The van der Waals surface area contributed by atoms with Crippen molar-refractivity contribution >= 4 is 53.3 Å². The largest absolute Gasteiger partial charge is 0.495 e. The Morgan fingerprint density at radius 3 is 2.36 bits per heavy atom. The zero-order valence-corrected chi connectivity index (χ0v) is 24.6. The van der Waals surface area contributed by atoms with Crippen molar-refractivity contribution in [1.82, 2.24) is 4.31 Å². The van der Waals surface area contributed by atoms with Gasteiger partial charge in [-0.25, -0.2) is 16.8 Å². The minimum atomic E-state index is -4.11. The number of aryl methyl sites for hydroxylation is 1. The van der Waals surface area contributed by atoms with Gasteiger partial charge in [0.15, 0.2) is 0 Å². The minimum absolute atomic E-state index is 0.0317. The second-order valence-electron chi connectivity index (χ2n) is 8.73. The van der Waals surface area contributed by atoms with Crippen LogP contribution < -0.4 is 14.4 Å². The molecular weight excluding hydrogens is 610 g/mol. The van der Waals surface area contributed by atoms with Gasteiger partial charge in [-0.1, -0.05) is 39.7 Å². The van der Waals surface area contributed by atoms with E-state index in [1.165, 1.54) is 41.7 Å². The summed E-state index contributed by atoms with van der Waals surface area (Å²) in [5, 5.41) is 2.64. The third kappa shape index (κ3) is 6.61. The summed E-state index contributed by atoms with van der Waals surface area (Å²) in [7, 11) is -6.69. The van der Waals surface area contributed by atoms with E-state index in [1.54, 1.807) is 36.4 Å². The molecule has 0 saturated carbocycles. The van der Waals surface area contributed by atoms with E-state index in [-0.39, 0.29) is 53.2 Å². The van der Waals surface area contributed by atoms with Gasteiger partial charge in [-0.05, 0) is 55.5 Å². The molecule has 0 radical (unpaired) electrons. The average molecular weight is 639 g/mol. The Balaban J connectivity index is 1.64. The summed E-state index contributed by atoms with van der Waals surface area (Å²) in [6.45, 7) is 2.24. The Morgan fingerprint density at radius 2 is 1.72 bits per heavy atom. The number of hydrogen-bond acceptors (Lipinski definition) is 7. The van der Waals surface area contributed by atoms with E-state index in [1.807, 2.05) is 6.92 Å². The molecule has 1 amide bonds. The number of hydrogen-bond donors (Lipinski definition) is 1. The van der Waals surface area contributed by atoms with Gasteiger partial charge in [0.1, 0.15) is 17.2 Å². The van der Waals surface area contributed by atoms with E-state index in [2.05, 4.69) is 21.2 Å². The number of halogens is 1. The summed E-state index contributed by atoms with van der Waals surface area (Å²) in [4.78, 5) is 13.1. The Kier molecular flexibility index (Phi) is 8.96. The number of sulfonamides is 2. The first-order valence-electron chi connectivity index (χ1n) is 11.9. The molecule has 0 unspecified atom stereocenters. The Labute approximate surface area is 236 Å². The van der Waals surface area contributed by atoms with Gasteiger partial charge < -0.3 is 14.8 Å². The molecule has 0 bridgehead atoms. The lowest BCUT2D eigenvalue weighted by Gasteiger charge is -2.27. The number of carbonyl (C=O) groups is 1. The maximum absolute atomic E-state index is 13.6. The monoisotopic (exact) mass is 637 g/mol. The molecule has 1 aliphatic rings. The Morgan fingerprint density at radius 1 is 1.03 bits per heavy atom. The summed E-state index contributed by atoms with van der Waals surface area (Å²) in [6.07, 6.45) is 0. The van der Waals surface area contributed by atoms with Gasteiger partial charge in [-0.15, -0.1) is 0 Å². The van der Waals surface area contributed by atoms with Crippen molar-refractivity contribution in [3.05, 3.63) is 76.8 Å². The molecule has 4 rings (SSSR count). The minimum Gasteiger partial charge on any atom is -0.495 e. The highest BCUT2D eigenvalue weighted by molar-refractivity contribution is 9.10. The molecule has 1 saturated heterocycles. The van der Waals surface area contributed by atoms with Crippen LogP contribution >= 0.6 is 15.9 Å². The topological polar surface area (TPSA) is 122 Å². The number of ether oxygens (including phenoxy) is 2. The fourth-order valence-corrected chi connectivity index (χ4v) is 7.39. The molecule has 1 heterocycles. The van der Waals surface area contributed by atoms with Crippen LogP contribution in [0.15, 0.2) is 81.0 Å². The number of benzene rings is 3.